The molecule has 8 aliphatic heterocycles. The lowest BCUT2D eigenvalue weighted by atomic mass is 9.94. The molecule has 0 aliphatic carbocycles. The standard InChI is InChI=1S/C23H25BrFN5O4S.C23H24BrFN4O4S2.C22H23BrFN5O3S2.C22H22BrFN4O5S2/c1-3-34-23(33)18-16(11-30-8-9-35-12-17(30)22(31)32)27-20(21-26-6-7-29(21)2)28-19(18)14-5-4-13(25)10-15(14)24;1-3-33-21(30)17-16(11-29-7-9-34-12-23(29,2)22(31)32)27-19(20-26-6-8-35-20)28-18(17)14-5-4-13(25)10-15(14)24;1-2-32-22(31)17-15(10-29-6-8-33-11-16(29)19(25)30)27-20(21-26-5-7-34-21)28-18(17)13-4-3-12(24)9-14(13)23;1-2-33-22(31)17-15(10-28-6-8-35(32)11-16(28)21(29)30)26-19(20-25-5-7-34-20)27-18(17)13-4-3-12(24)9-14(13)23/h4-7,10,17,19H,3,8-9,11-12H2,1-2H3,(H,27,28)(H,31,32);4-6,8,10,18H,3,7,9,11-12H2,1-2H3,(H,27,28)(H,31,32);3-5,7,9,16,18H,2,6,8,10-11H2,1H3,(H2,25,30)(H,27,28);3-5,7,9,16,18H,2,6,8,10-11H2,1H3,(H,26,27)(H,29,30)/t17?,19-;18-,23?;16?,18-;16?,18-,35?/m0000/s1. The predicted molar refractivity (Wildman–Crippen MR) is 538 cm³/mol. The van der Waals surface area contributed by atoms with Crippen LogP contribution >= 0.6 is 133 Å². The molecular weight excluding hydrogens is 2210 g/mol. The number of aliphatic carboxylic acids is 3. The average Bonchev–Trinajstić information content (AvgIpc) is 1.63. The fourth-order valence-electron chi connectivity index (χ4n) is 15.9. The predicted octanol–water partition coefficient (Wildman–Crippen LogP) is 11.9. The van der Waals surface area contributed by atoms with Gasteiger partial charge in [0, 0.05) is 204 Å². The maximum atomic E-state index is 13.9. The molecule has 4 aromatic carbocycles. The van der Waals surface area contributed by atoms with Crippen LogP contribution in [0.2, 0.25) is 0 Å². The van der Waals surface area contributed by atoms with Gasteiger partial charge in [0.05, 0.1) is 54.8 Å². The number of imidazole rings is 1. The van der Waals surface area contributed by atoms with Crippen LogP contribution in [0.5, 0.6) is 0 Å². The molecule has 1 amide bonds. The number of hydrogen-bond donors (Lipinski definition) is 8. The maximum absolute atomic E-state index is 13.9. The van der Waals surface area contributed by atoms with Gasteiger partial charge in [-0.1, -0.05) is 88.0 Å². The molecule has 738 valence electrons. The van der Waals surface area contributed by atoms with E-state index in [0.717, 1.165) is 17.3 Å². The van der Waals surface area contributed by atoms with Crippen LogP contribution in [-0.2, 0) is 75.2 Å². The van der Waals surface area contributed by atoms with E-state index in [-0.39, 0.29) is 81.6 Å². The number of amides is 1. The number of carbonyl (C=O) groups is 8. The fourth-order valence-corrected chi connectivity index (χ4v) is 24.6. The van der Waals surface area contributed by atoms with Gasteiger partial charge in [0.15, 0.2) is 44.2 Å². The quantitative estimate of drug-likeness (QED) is 0.0128. The monoisotopic (exact) mass is 2300 g/mol. The summed E-state index contributed by atoms with van der Waals surface area (Å²) in [6, 6.07) is 11.4. The Balaban J connectivity index is 0.000000156. The molecule has 12 heterocycles. The lowest BCUT2D eigenvalue weighted by molar-refractivity contribution is -0.149. The highest BCUT2D eigenvalue weighted by atomic mass is 79.9. The van der Waals surface area contributed by atoms with E-state index < -0.39 is 130 Å². The Morgan fingerprint density at radius 3 is 1.15 bits per heavy atom. The van der Waals surface area contributed by atoms with Gasteiger partial charge in [0.1, 0.15) is 65.1 Å². The van der Waals surface area contributed by atoms with E-state index in [1.54, 1.807) is 140 Å². The summed E-state index contributed by atoms with van der Waals surface area (Å²) >= 11 is 22.6. The number of esters is 4. The summed E-state index contributed by atoms with van der Waals surface area (Å²) in [5.74, 6) is -0.893. The van der Waals surface area contributed by atoms with E-state index in [4.69, 9.17) is 44.7 Å². The minimum atomic E-state index is -1.24. The van der Waals surface area contributed by atoms with Crippen LogP contribution in [0.15, 0.2) is 203 Å². The first-order valence-corrected chi connectivity index (χ1v) is 54.0. The zero-order valence-electron chi connectivity index (χ0n) is 75.2. The van der Waals surface area contributed by atoms with E-state index in [1.165, 1.54) is 82.5 Å². The lowest BCUT2D eigenvalue weighted by Crippen LogP contribution is -2.59. The number of thiazole rings is 3. The number of aromatic nitrogens is 5. The summed E-state index contributed by atoms with van der Waals surface area (Å²) in [6.07, 6.45) is 8.35. The molecule has 4 saturated heterocycles. The molecule has 0 saturated carbocycles. The van der Waals surface area contributed by atoms with Gasteiger partial charge in [-0.15, -0.1) is 34.0 Å². The number of carboxylic acid groups (broad SMARTS) is 3. The normalized spacial score (nSPS) is 22.0. The van der Waals surface area contributed by atoms with Gasteiger partial charge in [-0.3, -0.25) is 63.0 Å². The number of hydrogen-bond acceptors (Lipinski definition) is 35. The number of aliphatic imine (C=N–C) groups is 4. The molecule has 9 N–H and O–H groups in total. The molecule has 0 spiro atoms. The molecular formula is C90H94Br4F4N18O16S7. The number of carboxylic acids is 3. The molecule has 49 heteroatoms. The van der Waals surface area contributed by atoms with Crippen LogP contribution in [0.1, 0.15) is 102 Å². The first kappa shape index (κ1) is 107. The van der Waals surface area contributed by atoms with E-state index in [2.05, 4.69) is 105 Å². The smallest absolute Gasteiger partial charge is 0.338 e. The molecule has 8 aromatic rings. The van der Waals surface area contributed by atoms with Crippen LogP contribution < -0.4 is 27.0 Å². The van der Waals surface area contributed by atoms with Crippen LogP contribution in [0, 0.1) is 23.3 Å². The van der Waals surface area contributed by atoms with Gasteiger partial charge in [-0.25, -0.2) is 56.7 Å². The number of rotatable bonds is 28. The molecule has 0 radical (unpaired) electrons. The number of nitrogens with one attached hydrogen (secondary N) is 4. The Morgan fingerprint density at radius 2 is 0.820 bits per heavy atom. The van der Waals surface area contributed by atoms with Gasteiger partial charge in [-0.05, 0) is 105 Å². The van der Waals surface area contributed by atoms with Crippen molar-refractivity contribution in [3.05, 3.63) is 249 Å². The molecule has 34 nitrogen and oxygen atoms in total. The van der Waals surface area contributed by atoms with Gasteiger partial charge < -0.3 is 65.8 Å². The summed E-state index contributed by atoms with van der Waals surface area (Å²) < 4.78 is 92.6. The molecule has 16 rings (SSSR count). The third kappa shape index (κ3) is 26.0. The molecule has 8 aliphatic rings. The summed E-state index contributed by atoms with van der Waals surface area (Å²) in [4.78, 5) is 145. The van der Waals surface area contributed by atoms with Crippen LogP contribution in [0.3, 0.4) is 0 Å². The Bertz CT molecular complexity index is 6220. The number of ether oxygens (including phenoxy) is 4. The molecule has 4 fully saturated rings. The number of halogens is 8. The van der Waals surface area contributed by atoms with Crippen molar-refractivity contribution in [3.63, 3.8) is 0 Å². The maximum Gasteiger partial charge on any atom is 0.338 e. The lowest BCUT2D eigenvalue weighted by Gasteiger charge is -2.42. The van der Waals surface area contributed by atoms with E-state index in [1.807, 2.05) is 32.5 Å². The van der Waals surface area contributed by atoms with Crippen molar-refractivity contribution in [3.8, 4) is 0 Å². The Morgan fingerprint density at radius 1 is 0.475 bits per heavy atom. The van der Waals surface area contributed by atoms with Gasteiger partial charge in [0.25, 0.3) is 0 Å². The van der Waals surface area contributed by atoms with Crippen molar-refractivity contribution in [1.82, 2.24) is 65.4 Å². The summed E-state index contributed by atoms with van der Waals surface area (Å²) in [7, 11) is 0.585. The van der Waals surface area contributed by atoms with Crippen molar-refractivity contribution < 1.29 is 94.4 Å². The van der Waals surface area contributed by atoms with E-state index in [0.29, 0.717) is 155 Å². The Kier molecular flexibility index (Phi) is 37.8. The van der Waals surface area contributed by atoms with Gasteiger partial charge in [0.2, 0.25) is 5.91 Å². The Hall–Kier alpha value is -9.74. The second-order valence-electron chi connectivity index (χ2n) is 31.6. The van der Waals surface area contributed by atoms with E-state index >= 15 is 0 Å². The van der Waals surface area contributed by atoms with Gasteiger partial charge in [-0.2, -0.15) is 35.3 Å². The van der Waals surface area contributed by atoms with Crippen molar-refractivity contribution in [2.45, 2.75) is 82.5 Å². The topological polar surface area (TPSA) is 444 Å². The van der Waals surface area contributed by atoms with Crippen molar-refractivity contribution in [2.24, 2.45) is 32.8 Å². The largest absolute Gasteiger partial charge is 0.480 e. The molecule has 5 unspecified atom stereocenters. The molecule has 4 aromatic heterocycles. The highest BCUT2D eigenvalue weighted by Crippen LogP contribution is 2.44. The molecule has 9 atom stereocenters. The fraction of sp³-hybridized carbons (Fsp3) is 0.378. The van der Waals surface area contributed by atoms with Crippen molar-refractivity contribution in [1.29, 1.82) is 0 Å². The van der Waals surface area contributed by atoms with Crippen LogP contribution in [0.25, 0.3) is 0 Å². The Labute approximate surface area is 856 Å². The number of nitrogens with zero attached hydrogens (tertiary/aromatic N) is 13. The number of aryl methyl sites for hydroxylation is 1. The zero-order valence-corrected chi connectivity index (χ0v) is 87.2. The van der Waals surface area contributed by atoms with Gasteiger partial charge >= 0.3 is 41.8 Å². The van der Waals surface area contributed by atoms with Crippen LogP contribution in [0.4, 0.5) is 17.6 Å². The van der Waals surface area contributed by atoms with E-state index in [9.17, 15) is 75.4 Å². The third-order valence-corrected chi connectivity index (χ3v) is 32.4. The number of nitrogens with two attached hydrogens (primary N) is 1. The van der Waals surface area contributed by atoms with Crippen molar-refractivity contribution in [2.75, 3.05) is 125 Å². The average molecular weight is 2300 g/mol. The van der Waals surface area contributed by atoms with Crippen molar-refractivity contribution >= 4 is 215 Å². The first-order chi connectivity index (χ1) is 66.7. The highest BCUT2D eigenvalue weighted by molar-refractivity contribution is 9.11. The summed E-state index contributed by atoms with van der Waals surface area (Å²) in [6.45, 7) is 11.8. The highest BCUT2D eigenvalue weighted by Gasteiger charge is 2.47. The summed E-state index contributed by atoms with van der Waals surface area (Å²) in [5, 5.41) is 49.7. The SMILES string of the molecule is CCOC(=O)C1=C(CN2CCS(=O)CC2C(=O)O)NC(c2nccs2)=N[C@H]1c1ccc(F)cc1Br.CCOC(=O)C1=C(CN2CCSCC2(C)C(=O)O)NC(c2nccs2)=N[C@H]1c1ccc(F)cc1Br.CCOC(=O)C1=C(CN2CCSCC2C(=O)O)NC(c2nccn2C)=N[C@H]1c1ccc(F)cc1Br.CCOC(=O)C1=C(CN2CCSCC2C(N)=O)NC(c2nccs2)=N[C@H]1c1ccc(F)cc1Br. The number of thioether (sulfide) groups is 3. The minimum absolute atomic E-state index is 0.00226. The number of carbonyl (C=O) groups excluding carboxylic acids is 5. The second kappa shape index (κ2) is 49.3. The van der Waals surface area contributed by atoms with Crippen LogP contribution in [-0.4, -0.2) is 283 Å². The molecule has 0 bridgehead atoms. The zero-order chi connectivity index (χ0) is 99.6. The number of amidine groups is 4. The third-order valence-electron chi connectivity index (χ3n) is 22.7. The number of primary amides is 1. The first-order valence-electron chi connectivity index (χ1n) is 43.2. The molecule has 139 heavy (non-hydrogen) atoms. The second-order valence-corrected chi connectivity index (χ2v) is 42.7. The number of benzene rings is 4. The summed E-state index contributed by atoms with van der Waals surface area (Å²) in [5.41, 5.74) is 9.79. The minimum Gasteiger partial charge on any atom is -0.480 e.